The molecule has 0 radical (unpaired) electrons. The van der Waals surface area contributed by atoms with Crippen molar-refractivity contribution in [1.82, 2.24) is 0 Å². The van der Waals surface area contributed by atoms with Crippen LogP contribution in [0.4, 0.5) is 17.1 Å². The number of benzene rings is 2. The van der Waals surface area contributed by atoms with Gasteiger partial charge in [0.15, 0.2) is 0 Å². The summed E-state index contributed by atoms with van der Waals surface area (Å²) >= 11 is 0. The molecular weight excluding hydrogens is 266 g/mol. The van der Waals surface area contributed by atoms with Crippen molar-refractivity contribution in [2.24, 2.45) is 0 Å². The third-order valence-electron chi connectivity index (χ3n) is 2.83. The number of ether oxygens (including phenoxy) is 1. The minimum absolute atomic E-state index is 0.115. The van der Waals surface area contributed by atoms with Gasteiger partial charge in [0.1, 0.15) is 11.8 Å². The van der Waals surface area contributed by atoms with E-state index in [0.717, 1.165) is 11.4 Å². The molecule has 2 aromatic carbocycles. The summed E-state index contributed by atoms with van der Waals surface area (Å²) in [6.07, 6.45) is 0. The van der Waals surface area contributed by atoms with Gasteiger partial charge in [0.2, 0.25) is 5.91 Å². The molecule has 0 unspecified atom stereocenters. The molecule has 0 aromatic heterocycles. The van der Waals surface area contributed by atoms with Crippen LogP contribution in [0.25, 0.3) is 0 Å². The predicted molar refractivity (Wildman–Crippen MR) is 81.7 cm³/mol. The van der Waals surface area contributed by atoms with Crippen molar-refractivity contribution < 1.29 is 9.53 Å². The van der Waals surface area contributed by atoms with Gasteiger partial charge in [-0.15, -0.1) is 0 Å². The highest BCUT2D eigenvalue weighted by molar-refractivity contribution is 5.88. The summed E-state index contributed by atoms with van der Waals surface area (Å²) in [6.45, 7) is 1.46. The Balaban J connectivity index is 2.21. The van der Waals surface area contributed by atoms with Crippen LogP contribution < -0.4 is 15.4 Å². The lowest BCUT2D eigenvalue weighted by Crippen LogP contribution is -2.05. The minimum Gasteiger partial charge on any atom is -0.497 e. The van der Waals surface area contributed by atoms with E-state index in [1.807, 2.05) is 12.1 Å². The maximum absolute atomic E-state index is 11.0. The van der Waals surface area contributed by atoms with E-state index in [2.05, 4.69) is 16.7 Å². The van der Waals surface area contributed by atoms with Gasteiger partial charge >= 0.3 is 0 Å². The Morgan fingerprint density at radius 3 is 2.38 bits per heavy atom. The Morgan fingerprint density at radius 1 is 1.14 bits per heavy atom. The van der Waals surface area contributed by atoms with Crippen molar-refractivity contribution in [3.05, 3.63) is 48.0 Å². The molecule has 0 fully saturated rings. The lowest BCUT2D eigenvalue weighted by Gasteiger charge is -2.11. The summed E-state index contributed by atoms with van der Waals surface area (Å²) in [5, 5.41) is 15.0. The smallest absolute Gasteiger partial charge is 0.221 e. The van der Waals surface area contributed by atoms with Crippen LogP contribution in [0.3, 0.4) is 0 Å². The molecule has 2 aromatic rings. The molecule has 2 N–H and O–H groups in total. The van der Waals surface area contributed by atoms with Gasteiger partial charge in [0.25, 0.3) is 0 Å². The van der Waals surface area contributed by atoms with Crippen molar-refractivity contribution >= 4 is 23.0 Å². The second kappa shape index (κ2) is 6.44. The van der Waals surface area contributed by atoms with Gasteiger partial charge < -0.3 is 15.4 Å². The van der Waals surface area contributed by atoms with Crippen molar-refractivity contribution in [2.45, 2.75) is 6.92 Å². The molecule has 0 aliphatic carbocycles. The topological polar surface area (TPSA) is 74.2 Å². The summed E-state index contributed by atoms with van der Waals surface area (Å²) in [5.41, 5.74) is 2.74. The molecule has 0 atom stereocenters. The summed E-state index contributed by atoms with van der Waals surface area (Å²) in [6, 6.07) is 14.6. The number of hydrogen-bond acceptors (Lipinski definition) is 4. The number of carbonyl (C=O) groups is 1. The molecule has 1 amide bonds. The molecule has 0 bridgehead atoms. The van der Waals surface area contributed by atoms with Crippen LogP contribution in [0.15, 0.2) is 42.5 Å². The third-order valence-corrected chi connectivity index (χ3v) is 2.83. The van der Waals surface area contributed by atoms with E-state index in [-0.39, 0.29) is 5.91 Å². The van der Waals surface area contributed by atoms with Gasteiger partial charge in [-0.25, -0.2) is 0 Å². The zero-order valence-electron chi connectivity index (χ0n) is 11.8. The first-order chi connectivity index (χ1) is 10.1. The highest BCUT2D eigenvalue weighted by Crippen LogP contribution is 2.26. The average Bonchev–Trinajstić information content (AvgIpc) is 2.48. The lowest BCUT2D eigenvalue weighted by molar-refractivity contribution is -0.114. The highest BCUT2D eigenvalue weighted by Gasteiger charge is 2.05. The molecule has 0 aliphatic heterocycles. The van der Waals surface area contributed by atoms with Crippen LogP contribution in [-0.4, -0.2) is 13.0 Å². The number of amides is 1. The maximum Gasteiger partial charge on any atom is 0.221 e. The quantitative estimate of drug-likeness (QED) is 0.902. The van der Waals surface area contributed by atoms with Crippen LogP contribution >= 0.6 is 0 Å². The van der Waals surface area contributed by atoms with Crippen LogP contribution in [-0.2, 0) is 4.79 Å². The number of nitriles is 1. The lowest BCUT2D eigenvalue weighted by atomic mass is 10.1. The predicted octanol–water partition coefficient (Wildman–Crippen LogP) is 3.27. The molecule has 0 spiro atoms. The van der Waals surface area contributed by atoms with E-state index >= 15 is 0 Å². The number of nitrogens with one attached hydrogen (secondary N) is 2. The van der Waals surface area contributed by atoms with Crippen LogP contribution in [0.2, 0.25) is 0 Å². The largest absolute Gasteiger partial charge is 0.497 e. The molecule has 0 heterocycles. The van der Waals surface area contributed by atoms with E-state index in [9.17, 15) is 4.79 Å². The summed E-state index contributed by atoms with van der Waals surface area (Å²) in [5.74, 6) is 0.557. The summed E-state index contributed by atoms with van der Waals surface area (Å²) in [7, 11) is 1.58. The second-order valence-electron chi connectivity index (χ2n) is 4.41. The van der Waals surface area contributed by atoms with Crippen LogP contribution in [0.1, 0.15) is 12.5 Å². The number of rotatable bonds is 4. The Labute approximate surface area is 123 Å². The maximum atomic E-state index is 11.0. The normalized spacial score (nSPS) is 9.57. The molecule has 5 nitrogen and oxygen atoms in total. The zero-order chi connectivity index (χ0) is 15.2. The van der Waals surface area contributed by atoms with Gasteiger partial charge in [-0.2, -0.15) is 5.26 Å². The first-order valence-corrected chi connectivity index (χ1v) is 6.35. The number of methoxy groups -OCH3 is 1. The van der Waals surface area contributed by atoms with E-state index in [1.165, 1.54) is 6.92 Å². The SMILES string of the molecule is COc1ccc(C#N)c(Nc2ccc(NC(C)=O)cc2)c1. The number of anilines is 3. The first kappa shape index (κ1) is 14.4. The first-order valence-electron chi connectivity index (χ1n) is 6.35. The van der Waals surface area contributed by atoms with Crippen molar-refractivity contribution in [2.75, 3.05) is 17.7 Å². The molecule has 0 aliphatic rings. The van der Waals surface area contributed by atoms with Crippen LogP contribution in [0.5, 0.6) is 5.75 Å². The van der Waals surface area contributed by atoms with Gasteiger partial charge in [-0.05, 0) is 36.4 Å². The zero-order valence-corrected chi connectivity index (χ0v) is 11.8. The molecule has 5 heteroatoms. The minimum atomic E-state index is -0.115. The average molecular weight is 281 g/mol. The fourth-order valence-electron chi connectivity index (χ4n) is 1.85. The Hall–Kier alpha value is -3.00. The highest BCUT2D eigenvalue weighted by atomic mass is 16.5. The second-order valence-corrected chi connectivity index (χ2v) is 4.41. The van der Waals surface area contributed by atoms with Gasteiger partial charge in [0, 0.05) is 24.4 Å². The molecule has 2 rings (SSSR count). The fraction of sp³-hybridized carbons (Fsp3) is 0.125. The van der Waals surface area contributed by atoms with E-state index < -0.39 is 0 Å². The fourth-order valence-corrected chi connectivity index (χ4v) is 1.85. The Kier molecular flexibility index (Phi) is 4.42. The molecule has 0 saturated heterocycles. The van der Waals surface area contributed by atoms with E-state index in [0.29, 0.717) is 17.0 Å². The van der Waals surface area contributed by atoms with Gasteiger partial charge in [-0.3, -0.25) is 4.79 Å². The monoisotopic (exact) mass is 281 g/mol. The molecular formula is C16H15N3O2. The summed E-state index contributed by atoms with van der Waals surface area (Å²) in [4.78, 5) is 11.0. The van der Waals surface area contributed by atoms with Crippen molar-refractivity contribution in [3.8, 4) is 11.8 Å². The molecule has 0 saturated carbocycles. The Morgan fingerprint density at radius 2 is 1.81 bits per heavy atom. The van der Waals surface area contributed by atoms with Gasteiger partial charge in [0.05, 0.1) is 18.4 Å². The van der Waals surface area contributed by atoms with E-state index in [1.54, 1.807) is 37.4 Å². The number of hydrogen-bond donors (Lipinski definition) is 2. The molecule has 106 valence electrons. The standard InChI is InChI=1S/C16H15N3O2/c1-11(20)18-13-4-6-14(7-5-13)19-16-9-15(21-2)8-3-12(16)10-17/h3-9,19H,1-2H3,(H,18,20). The van der Waals surface area contributed by atoms with Crippen LogP contribution in [0, 0.1) is 11.3 Å². The number of carbonyl (C=O) groups excluding carboxylic acids is 1. The number of nitrogens with zero attached hydrogens (tertiary/aromatic N) is 1. The summed E-state index contributed by atoms with van der Waals surface area (Å²) < 4.78 is 5.16. The molecule has 21 heavy (non-hydrogen) atoms. The van der Waals surface area contributed by atoms with Crippen molar-refractivity contribution in [3.63, 3.8) is 0 Å². The van der Waals surface area contributed by atoms with Crippen molar-refractivity contribution in [1.29, 1.82) is 5.26 Å². The van der Waals surface area contributed by atoms with Gasteiger partial charge in [-0.1, -0.05) is 0 Å². The van der Waals surface area contributed by atoms with E-state index in [4.69, 9.17) is 10.00 Å². The third kappa shape index (κ3) is 3.74. The Bertz CT molecular complexity index is 688.